The third-order valence-corrected chi connectivity index (χ3v) is 5.02. The highest BCUT2D eigenvalue weighted by Crippen LogP contribution is 2.24. The van der Waals surface area contributed by atoms with Crippen LogP contribution in [0, 0.1) is 5.92 Å². The molecule has 0 aromatic carbocycles. The van der Waals surface area contributed by atoms with Gasteiger partial charge in [0.2, 0.25) is 5.91 Å². The van der Waals surface area contributed by atoms with Gasteiger partial charge in [0.1, 0.15) is 5.82 Å². The lowest BCUT2D eigenvalue weighted by Gasteiger charge is -2.32. The van der Waals surface area contributed by atoms with E-state index in [1.807, 2.05) is 12.3 Å². The molecule has 1 fully saturated rings. The number of hydrogen-bond donors (Lipinski definition) is 2. The molecule has 3 N–H and O–H groups in total. The topological polar surface area (TPSA) is 71.2 Å². The van der Waals surface area contributed by atoms with Gasteiger partial charge in [-0.2, -0.15) is 11.3 Å². The minimum Gasteiger partial charge on any atom is -0.369 e. The summed E-state index contributed by atoms with van der Waals surface area (Å²) < 4.78 is 0. The van der Waals surface area contributed by atoms with E-state index in [9.17, 15) is 4.79 Å². The smallest absolute Gasteiger partial charge is 0.220 e. The Morgan fingerprint density at radius 3 is 2.87 bits per heavy atom. The molecule has 0 saturated carbocycles. The SMILES string of the molecule is NC(=O)C1CCN(c2ncccc2CNCc2ccsc2)CC1. The second kappa shape index (κ2) is 7.57. The number of primary amides is 1. The van der Waals surface area contributed by atoms with Crippen molar-refractivity contribution in [2.24, 2.45) is 11.7 Å². The average molecular weight is 330 g/mol. The monoisotopic (exact) mass is 330 g/mol. The molecule has 1 aliphatic heterocycles. The number of hydrogen-bond acceptors (Lipinski definition) is 5. The molecule has 23 heavy (non-hydrogen) atoms. The number of piperidine rings is 1. The van der Waals surface area contributed by atoms with Crippen LogP contribution in [0.5, 0.6) is 0 Å². The minimum absolute atomic E-state index is 0.00938. The van der Waals surface area contributed by atoms with Crippen molar-refractivity contribution in [1.82, 2.24) is 10.3 Å². The molecule has 1 amide bonds. The van der Waals surface area contributed by atoms with Crippen LogP contribution in [-0.2, 0) is 17.9 Å². The molecule has 0 atom stereocenters. The molecular formula is C17H22N4OS. The van der Waals surface area contributed by atoms with Crippen LogP contribution in [0.3, 0.4) is 0 Å². The first kappa shape index (κ1) is 16.0. The van der Waals surface area contributed by atoms with Gasteiger partial charge in [0.15, 0.2) is 0 Å². The van der Waals surface area contributed by atoms with E-state index in [1.54, 1.807) is 11.3 Å². The van der Waals surface area contributed by atoms with Crippen LogP contribution in [-0.4, -0.2) is 24.0 Å². The molecule has 1 aliphatic rings. The van der Waals surface area contributed by atoms with Gasteiger partial charge < -0.3 is 16.0 Å². The third kappa shape index (κ3) is 4.09. The summed E-state index contributed by atoms with van der Waals surface area (Å²) in [6.07, 6.45) is 3.46. The maximum atomic E-state index is 11.3. The predicted molar refractivity (Wildman–Crippen MR) is 93.2 cm³/mol. The lowest BCUT2D eigenvalue weighted by Crippen LogP contribution is -2.39. The number of nitrogens with zero attached hydrogens (tertiary/aromatic N) is 2. The van der Waals surface area contributed by atoms with Crippen LogP contribution in [0.1, 0.15) is 24.0 Å². The molecule has 0 bridgehead atoms. The highest BCUT2D eigenvalue weighted by molar-refractivity contribution is 7.07. The lowest BCUT2D eigenvalue weighted by atomic mass is 9.96. The zero-order valence-electron chi connectivity index (χ0n) is 13.1. The van der Waals surface area contributed by atoms with Gasteiger partial charge in [-0.1, -0.05) is 6.07 Å². The molecule has 0 aliphatic carbocycles. The van der Waals surface area contributed by atoms with Crippen LogP contribution in [0.25, 0.3) is 0 Å². The molecule has 3 heterocycles. The molecule has 0 radical (unpaired) electrons. The maximum absolute atomic E-state index is 11.3. The first-order valence-corrected chi connectivity index (χ1v) is 8.88. The molecule has 3 rings (SSSR count). The standard InChI is InChI=1S/C17H22N4OS/c18-16(22)14-3-7-21(8-4-14)17-15(2-1-6-20-17)11-19-10-13-5-9-23-12-13/h1-2,5-6,9,12,14,19H,3-4,7-8,10-11H2,(H2,18,22). The van der Waals surface area contributed by atoms with Crippen LogP contribution < -0.4 is 16.0 Å². The molecule has 2 aromatic heterocycles. The summed E-state index contributed by atoms with van der Waals surface area (Å²) in [4.78, 5) is 18.1. The van der Waals surface area contributed by atoms with Gasteiger partial charge in [-0.05, 0) is 41.3 Å². The number of rotatable bonds is 6. The number of thiophene rings is 1. The second-order valence-corrected chi connectivity index (χ2v) is 6.67. The zero-order chi connectivity index (χ0) is 16.1. The van der Waals surface area contributed by atoms with Crippen molar-refractivity contribution in [3.63, 3.8) is 0 Å². The number of nitrogens with one attached hydrogen (secondary N) is 1. The Hall–Kier alpha value is -1.92. The fraction of sp³-hybridized carbons (Fsp3) is 0.412. The van der Waals surface area contributed by atoms with E-state index >= 15 is 0 Å². The van der Waals surface area contributed by atoms with Crippen LogP contribution in [0.2, 0.25) is 0 Å². The van der Waals surface area contributed by atoms with E-state index in [1.165, 1.54) is 11.1 Å². The summed E-state index contributed by atoms with van der Waals surface area (Å²) in [7, 11) is 0. The number of carbonyl (C=O) groups excluding carboxylic acids is 1. The van der Waals surface area contributed by atoms with Crippen LogP contribution in [0.15, 0.2) is 35.2 Å². The van der Waals surface area contributed by atoms with E-state index in [2.05, 4.69) is 38.1 Å². The lowest BCUT2D eigenvalue weighted by molar-refractivity contribution is -0.122. The Morgan fingerprint density at radius 2 is 2.17 bits per heavy atom. The van der Waals surface area contributed by atoms with Crippen molar-refractivity contribution in [2.45, 2.75) is 25.9 Å². The van der Waals surface area contributed by atoms with Crippen molar-refractivity contribution in [2.75, 3.05) is 18.0 Å². The molecule has 0 spiro atoms. The van der Waals surface area contributed by atoms with Gasteiger partial charge in [-0.3, -0.25) is 4.79 Å². The van der Waals surface area contributed by atoms with E-state index in [0.29, 0.717) is 0 Å². The van der Waals surface area contributed by atoms with Gasteiger partial charge in [0.25, 0.3) is 0 Å². The maximum Gasteiger partial charge on any atom is 0.220 e. The third-order valence-electron chi connectivity index (χ3n) is 4.29. The Kier molecular flexibility index (Phi) is 5.25. The molecular weight excluding hydrogens is 308 g/mol. The Balaban J connectivity index is 1.60. The van der Waals surface area contributed by atoms with Crippen molar-refractivity contribution >= 4 is 23.1 Å². The van der Waals surface area contributed by atoms with E-state index in [-0.39, 0.29) is 11.8 Å². The number of anilines is 1. The normalized spacial score (nSPS) is 15.7. The summed E-state index contributed by atoms with van der Waals surface area (Å²) in [6, 6.07) is 6.22. The van der Waals surface area contributed by atoms with Gasteiger partial charge in [0.05, 0.1) is 0 Å². The first-order valence-electron chi connectivity index (χ1n) is 7.94. The van der Waals surface area contributed by atoms with E-state index in [4.69, 9.17) is 5.73 Å². The Bertz CT molecular complexity index is 636. The van der Waals surface area contributed by atoms with E-state index < -0.39 is 0 Å². The molecule has 122 valence electrons. The number of aromatic nitrogens is 1. The van der Waals surface area contributed by atoms with Gasteiger partial charge in [-0.25, -0.2) is 4.98 Å². The summed E-state index contributed by atoms with van der Waals surface area (Å²) in [5.41, 5.74) is 7.91. The molecule has 5 nitrogen and oxygen atoms in total. The predicted octanol–water partition coefficient (Wildman–Crippen LogP) is 2.13. The number of pyridine rings is 1. The molecule has 1 saturated heterocycles. The van der Waals surface area contributed by atoms with Crippen molar-refractivity contribution in [1.29, 1.82) is 0 Å². The molecule has 0 unspecified atom stereocenters. The largest absolute Gasteiger partial charge is 0.369 e. The van der Waals surface area contributed by atoms with Crippen molar-refractivity contribution < 1.29 is 4.79 Å². The van der Waals surface area contributed by atoms with Gasteiger partial charge in [0, 0.05) is 43.9 Å². The van der Waals surface area contributed by atoms with Crippen molar-refractivity contribution in [3.05, 3.63) is 46.3 Å². The van der Waals surface area contributed by atoms with Crippen molar-refractivity contribution in [3.8, 4) is 0 Å². The number of amides is 1. The zero-order valence-corrected chi connectivity index (χ0v) is 13.9. The minimum atomic E-state index is -0.177. The summed E-state index contributed by atoms with van der Waals surface area (Å²) in [5.74, 6) is 0.853. The number of nitrogens with two attached hydrogens (primary N) is 1. The first-order chi connectivity index (χ1) is 11.2. The van der Waals surface area contributed by atoms with E-state index in [0.717, 1.165) is 44.8 Å². The summed E-state index contributed by atoms with van der Waals surface area (Å²) in [5, 5.41) is 7.73. The van der Waals surface area contributed by atoms with Crippen LogP contribution in [0.4, 0.5) is 5.82 Å². The molecule has 6 heteroatoms. The fourth-order valence-corrected chi connectivity index (χ4v) is 3.63. The highest BCUT2D eigenvalue weighted by atomic mass is 32.1. The summed E-state index contributed by atoms with van der Waals surface area (Å²) >= 11 is 1.72. The fourth-order valence-electron chi connectivity index (χ4n) is 2.96. The average Bonchev–Trinajstić information content (AvgIpc) is 3.09. The summed E-state index contributed by atoms with van der Waals surface area (Å²) in [6.45, 7) is 3.32. The second-order valence-electron chi connectivity index (χ2n) is 5.88. The quantitative estimate of drug-likeness (QED) is 0.851. The number of carbonyl (C=O) groups is 1. The van der Waals surface area contributed by atoms with Crippen LogP contribution >= 0.6 is 11.3 Å². The van der Waals surface area contributed by atoms with Gasteiger partial charge in [-0.15, -0.1) is 0 Å². The van der Waals surface area contributed by atoms with Gasteiger partial charge >= 0.3 is 0 Å². The Labute approximate surface area is 140 Å². The molecule has 2 aromatic rings. The highest BCUT2D eigenvalue weighted by Gasteiger charge is 2.24. The Morgan fingerprint density at radius 1 is 1.35 bits per heavy atom.